The minimum absolute atomic E-state index is 0.00652. The van der Waals surface area contributed by atoms with E-state index in [9.17, 15) is 22.8 Å². The summed E-state index contributed by atoms with van der Waals surface area (Å²) in [7, 11) is 0. The van der Waals surface area contributed by atoms with E-state index in [1.807, 2.05) is 17.0 Å². The van der Waals surface area contributed by atoms with Crippen LogP contribution in [0.15, 0.2) is 30.5 Å². The van der Waals surface area contributed by atoms with Crippen LogP contribution in [0.2, 0.25) is 0 Å². The number of allylic oxidation sites excluding steroid dienone is 2. The topological polar surface area (TPSA) is 145 Å². The largest absolute Gasteiger partial charge is 0.446 e. The van der Waals surface area contributed by atoms with Gasteiger partial charge in [0.1, 0.15) is 11.8 Å². The van der Waals surface area contributed by atoms with Gasteiger partial charge in [-0.2, -0.15) is 18.4 Å². The summed E-state index contributed by atoms with van der Waals surface area (Å²) in [5, 5.41) is 11.9. The number of alkyl halides is 3. The number of likely N-dealkylation sites (tertiary alicyclic amines) is 1. The molecule has 1 fully saturated rings. The van der Waals surface area contributed by atoms with Gasteiger partial charge in [-0.05, 0) is 67.7 Å². The van der Waals surface area contributed by atoms with Gasteiger partial charge >= 0.3 is 6.18 Å². The molecule has 12 heteroatoms. The fourth-order valence-corrected chi connectivity index (χ4v) is 4.54. The molecule has 1 aromatic heterocycles. The fraction of sp³-hybridized carbons (Fsp3) is 0.423. The van der Waals surface area contributed by atoms with Crippen LogP contribution in [-0.4, -0.2) is 58.8 Å². The molecule has 0 spiro atoms. The van der Waals surface area contributed by atoms with Gasteiger partial charge in [0.2, 0.25) is 12.2 Å². The molecule has 2 amide bonds. The summed E-state index contributed by atoms with van der Waals surface area (Å²) in [4.78, 5) is 41.9. The molecule has 0 bridgehead atoms. The van der Waals surface area contributed by atoms with Crippen LogP contribution < -0.4 is 11.1 Å². The number of nitrogens with two attached hydrogens (primary N) is 1. The lowest BCUT2D eigenvalue weighted by atomic mass is 9.85. The minimum Gasteiger partial charge on any atom is -0.342 e. The normalized spacial score (nSPS) is 16.0. The molecule has 0 atom stereocenters. The van der Waals surface area contributed by atoms with Gasteiger partial charge < -0.3 is 20.9 Å². The number of nitriles is 1. The summed E-state index contributed by atoms with van der Waals surface area (Å²) in [5.74, 6) is 0.122. The Balaban J connectivity index is 0.000000599. The number of imidazole rings is 1. The Morgan fingerprint density at radius 1 is 1.26 bits per heavy atom. The fourth-order valence-electron chi connectivity index (χ4n) is 4.54. The molecule has 2 aromatic rings. The standard InChI is InChI=1S/C24H28N6O2.C2HF3O/c25-13-19-15-27-23(28-19)24(32)29-21-7-6-18(12-20(21)17-4-2-1-3-5-17)16-8-10-30(11-9-16)22(31)14-26;3-2(4,5)1-6/h4,6-7,12,15-16H,1-3,5,8-11,14,26H2,(H,27,28)(H,29,32);1H. The number of rotatable bonds is 5. The molecule has 1 aliphatic carbocycles. The van der Waals surface area contributed by atoms with Crippen molar-refractivity contribution in [3.8, 4) is 6.07 Å². The molecule has 1 saturated heterocycles. The first kappa shape index (κ1) is 28.6. The Morgan fingerprint density at radius 2 is 1.97 bits per heavy atom. The molecule has 0 saturated carbocycles. The summed E-state index contributed by atoms with van der Waals surface area (Å²) < 4.78 is 31.2. The molecule has 38 heavy (non-hydrogen) atoms. The average Bonchev–Trinajstić information content (AvgIpc) is 3.43. The van der Waals surface area contributed by atoms with Gasteiger partial charge in [-0.1, -0.05) is 12.1 Å². The maximum absolute atomic E-state index is 12.7. The highest BCUT2D eigenvalue weighted by atomic mass is 19.4. The quantitative estimate of drug-likeness (QED) is 0.500. The van der Waals surface area contributed by atoms with Crippen molar-refractivity contribution >= 4 is 29.4 Å². The number of H-pyrrole nitrogens is 1. The van der Waals surface area contributed by atoms with Gasteiger partial charge in [-0.3, -0.25) is 14.4 Å². The van der Waals surface area contributed by atoms with Crippen LogP contribution in [0.5, 0.6) is 0 Å². The van der Waals surface area contributed by atoms with Crippen LogP contribution in [0.1, 0.15) is 71.9 Å². The van der Waals surface area contributed by atoms with Gasteiger partial charge in [-0.15, -0.1) is 0 Å². The maximum Gasteiger partial charge on any atom is 0.446 e. The third-order valence-electron chi connectivity index (χ3n) is 6.47. The molecule has 0 unspecified atom stereocenters. The van der Waals surface area contributed by atoms with Crippen LogP contribution in [0.4, 0.5) is 18.9 Å². The number of hydrogen-bond acceptors (Lipinski definition) is 6. The van der Waals surface area contributed by atoms with Crippen LogP contribution in [0.25, 0.3) is 5.57 Å². The number of amides is 2. The predicted molar refractivity (Wildman–Crippen MR) is 134 cm³/mol. The first-order chi connectivity index (χ1) is 18.1. The summed E-state index contributed by atoms with van der Waals surface area (Å²) in [6, 6.07) is 8.17. The number of halogens is 3. The smallest absolute Gasteiger partial charge is 0.342 e. The van der Waals surface area contributed by atoms with Crippen molar-refractivity contribution in [3.63, 3.8) is 0 Å². The molecule has 9 nitrogen and oxygen atoms in total. The molecular weight excluding hydrogens is 501 g/mol. The average molecular weight is 531 g/mol. The Bertz CT molecular complexity index is 1220. The predicted octanol–water partition coefficient (Wildman–Crippen LogP) is 3.90. The van der Waals surface area contributed by atoms with Crippen molar-refractivity contribution in [1.29, 1.82) is 5.26 Å². The van der Waals surface area contributed by atoms with Crippen molar-refractivity contribution in [3.05, 3.63) is 53.1 Å². The summed E-state index contributed by atoms with van der Waals surface area (Å²) >= 11 is 0. The number of carbonyl (C=O) groups is 3. The summed E-state index contributed by atoms with van der Waals surface area (Å²) in [5.41, 5.74) is 10.0. The Hall–Kier alpha value is -3.98. The van der Waals surface area contributed by atoms with Gasteiger partial charge in [0.05, 0.1) is 12.7 Å². The molecule has 2 aliphatic rings. The van der Waals surface area contributed by atoms with E-state index >= 15 is 0 Å². The van der Waals surface area contributed by atoms with E-state index in [1.165, 1.54) is 23.8 Å². The third kappa shape index (κ3) is 7.76. The molecule has 4 rings (SSSR count). The zero-order chi connectivity index (χ0) is 27.7. The van der Waals surface area contributed by atoms with Crippen LogP contribution >= 0.6 is 0 Å². The number of nitrogens with zero attached hydrogens (tertiary/aromatic N) is 3. The molecule has 4 N–H and O–H groups in total. The van der Waals surface area contributed by atoms with E-state index in [-0.39, 0.29) is 29.9 Å². The number of aldehydes is 1. The van der Waals surface area contributed by atoms with Gasteiger partial charge in [-0.25, -0.2) is 4.98 Å². The van der Waals surface area contributed by atoms with E-state index in [0.29, 0.717) is 5.92 Å². The first-order valence-electron chi connectivity index (χ1n) is 12.3. The summed E-state index contributed by atoms with van der Waals surface area (Å²) in [6.45, 7) is 1.50. The number of nitrogens with one attached hydrogen (secondary N) is 2. The number of hydrogen-bond donors (Lipinski definition) is 3. The van der Waals surface area contributed by atoms with Crippen LogP contribution in [-0.2, 0) is 9.59 Å². The lowest BCUT2D eigenvalue weighted by Gasteiger charge is -2.32. The molecule has 0 radical (unpaired) electrons. The van der Waals surface area contributed by atoms with Gasteiger partial charge in [0.15, 0.2) is 5.82 Å². The summed E-state index contributed by atoms with van der Waals surface area (Å²) in [6.07, 6.45) is 4.05. The molecule has 2 heterocycles. The maximum atomic E-state index is 12.7. The molecule has 202 valence electrons. The molecular formula is C26H29F3N6O3. The zero-order valence-corrected chi connectivity index (χ0v) is 20.7. The number of anilines is 1. The van der Waals surface area contributed by atoms with E-state index < -0.39 is 12.5 Å². The highest BCUT2D eigenvalue weighted by Crippen LogP contribution is 2.36. The Morgan fingerprint density at radius 3 is 2.53 bits per heavy atom. The van der Waals surface area contributed by atoms with Gasteiger partial charge in [0, 0.05) is 24.3 Å². The lowest BCUT2D eigenvalue weighted by Crippen LogP contribution is -2.41. The Labute approximate surface area is 217 Å². The zero-order valence-electron chi connectivity index (χ0n) is 20.7. The number of carbonyl (C=O) groups excluding carboxylic acids is 3. The Kier molecular flexibility index (Phi) is 9.78. The second kappa shape index (κ2) is 13.0. The third-order valence-corrected chi connectivity index (χ3v) is 6.47. The van der Waals surface area contributed by atoms with Crippen LogP contribution in [0.3, 0.4) is 0 Å². The van der Waals surface area contributed by atoms with Crippen molar-refractivity contribution in [2.24, 2.45) is 5.73 Å². The second-order valence-corrected chi connectivity index (χ2v) is 9.01. The van der Waals surface area contributed by atoms with Crippen molar-refractivity contribution in [1.82, 2.24) is 14.9 Å². The second-order valence-electron chi connectivity index (χ2n) is 9.01. The van der Waals surface area contributed by atoms with E-state index in [4.69, 9.17) is 15.8 Å². The van der Waals surface area contributed by atoms with Crippen molar-refractivity contribution < 1.29 is 27.6 Å². The number of piperidine rings is 1. The highest BCUT2D eigenvalue weighted by Gasteiger charge is 2.25. The van der Waals surface area contributed by atoms with E-state index in [2.05, 4.69) is 33.5 Å². The monoisotopic (exact) mass is 530 g/mol. The van der Waals surface area contributed by atoms with Crippen molar-refractivity contribution in [2.75, 3.05) is 25.0 Å². The lowest BCUT2D eigenvalue weighted by molar-refractivity contribution is -0.156. The molecule has 1 aromatic carbocycles. The first-order valence-corrected chi connectivity index (χ1v) is 12.3. The SMILES string of the molecule is N#Cc1cnc(C(=O)Nc2ccc(C3CCN(C(=O)CN)CC3)cc2C2=CCCCC2)[nH]1.O=CC(F)(F)F. The molecule has 1 aliphatic heterocycles. The highest BCUT2D eigenvalue weighted by molar-refractivity contribution is 6.03. The van der Waals surface area contributed by atoms with E-state index in [1.54, 1.807) is 0 Å². The van der Waals surface area contributed by atoms with E-state index in [0.717, 1.165) is 56.4 Å². The van der Waals surface area contributed by atoms with Gasteiger partial charge in [0.25, 0.3) is 5.91 Å². The van der Waals surface area contributed by atoms with Crippen LogP contribution in [0, 0.1) is 11.3 Å². The van der Waals surface area contributed by atoms with Crippen molar-refractivity contribution in [2.45, 2.75) is 50.6 Å². The number of aromatic nitrogens is 2. The minimum atomic E-state index is -4.64. The number of aromatic amines is 1. The number of benzene rings is 1.